The van der Waals surface area contributed by atoms with Gasteiger partial charge in [-0.25, -0.2) is 0 Å². The van der Waals surface area contributed by atoms with Gasteiger partial charge in [0, 0.05) is 18.7 Å². The van der Waals surface area contributed by atoms with Crippen molar-refractivity contribution in [1.82, 2.24) is 10.7 Å². The van der Waals surface area contributed by atoms with Gasteiger partial charge in [-0.15, -0.1) is 0 Å². The summed E-state index contributed by atoms with van der Waals surface area (Å²) in [4.78, 5) is 0. The van der Waals surface area contributed by atoms with Crippen LogP contribution < -0.4 is 10.7 Å². The van der Waals surface area contributed by atoms with Crippen molar-refractivity contribution in [3.63, 3.8) is 0 Å². The summed E-state index contributed by atoms with van der Waals surface area (Å²) in [5, 5.41) is 6.90. The minimum atomic E-state index is -4.42. The van der Waals surface area contributed by atoms with Crippen LogP contribution >= 0.6 is 12.2 Å². The Hall–Kier alpha value is -1.67. The molecule has 0 spiro atoms. The maximum absolute atomic E-state index is 12.8. The highest BCUT2D eigenvalue weighted by molar-refractivity contribution is 7.80. The zero-order chi connectivity index (χ0) is 16.0. The fourth-order valence-corrected chi connectivity index (χ4v) is 2.22. The van der Waals surface area contributed by atoms with E-state index in [0.29, 0.717) is 6.54 Å². The van der Waals surface area contributed by atoms with Gasteiger partial charge < -0.3 is 10.1 Å². The van der Waals surface area contributed by atoms with Crippen molar-refractivity contribution in [3.8, 4) is 0 Å². The van der Waals surface area contributed by atoms with Gasteiger partial charge in [-0.3, -0.25) is 5.43 Å². The second kappa shape index (κ2) is 7.55. The van der Waals surface area contributed by atoms with E-state index in [9.17, 15) is 13.2 Å². The van der Waals surface area contributed by atoms with E-state index in [1.54, 1.807) is 0 Å². The van der Waals surface area contributed by atoms with Crippen molar-refractivity contribution in [1.29, 1.82) is 0 Å². The lowest BCUT2D eigenvalue weighted by Crippen LogP contribution is -2.37. The van der Waals surface area contributed by atoms with E-state index in [-0.39, 0.29) is 16.8 Å². The first-order valence-electron chi connectivity index (χ1n) is 6.81. The number of thiocarbonyl (C=S) groups is 1. The van der Waals surface area contributed by atoms with E-state index >= 15 is 0 Å². The molecule has 2 rings (SSSR count). The number of hydrogen-bond acceptors (Lipinski definition) is 3. The molecule has 1 heterocycles. The van der Waals surface area contributed by atoms with Crippen molar-refractivity contribution in [2.24, 2.45) is 5.10 Å². The number of nitrogens with zero attached hydrogens (tertiary/aromatic N) is 1. The number of alkyl halides is 3. The smallest absolute Gasteiger partial charge is 0.376 e. The molecule has 0 bridgehead atoms. The van der Waals surface area contributed by atoms with Crippen molar-refractivity contribution >= 4 is 23.5 Å². The third-order valence-electron chi connectivity index (χ3n) is 3.15. The number of hydrogen-bond donors (Lipinski definition) is 2. The number of rotatable bonds is 4. The molecule has 1 aromatic rings. The molecule has 120 valence electrons. The van der Waals surface area contributed by atoms with Gasteiger partial charge >= 0.3 is 6.18 Å². The molecule has 1 fully saturated rings. The summed E-state index contributed by atoms with van der Waals surface area (Å²) in [7, 11) is 0. The maximum Gasteiger partial charge on any atom is 0.417 e. The summed E-state index contributed by atoms with van der Waals surface area (Å²) in [5.74, 6) is 0. The van der Waals surface area contributed by atoms with Crippen LogP contribution in [0.1, 0.15) is 24.0 Å². The topological polar surface area (TPSA) is 45.7 Å². The maximum atomic E-state index is 12.8. The molecule has 1 aliphatic heterocycles. The molecule has 4 nitrogen and oxygen atoms in total. The van der Waals surface area contributed by atoms with E-state index in [0.717, 1.165) is 31.7 Å². The van der Waals surface area contributed by atoms with Crippen molar-refractivity contribution < 1.29 is 17.9 Å². The van der Waals surface area contributed by atoms with Gasteiger partial charge in [-0.2, -0.15) is 18.3 Å². The molecular formula is C14H16F3N3OS. The van der Waals surface area contributed by atoms with Gasteiger partial charge in [0.2, 0.25) is 0 Å². The average Bonchev–Trinajstić information content (AvgIpc) is 2.98. The fraction of sp³-hybridized carbons (Fsp3) is 0.429. The van der Waals surface area contributed by atoms with Crippen LogP contribution in [0.5, 0.6) is 0 Å². The second-order valence-corrected chi connectivity index (χ2v) is 5.21. The molecule has 1 atom stereocenters. The molecule has 1 aliphatic rings. The lowest BCUT2D eigenvalue weighted by Gasteiger charge is -2.12. The van der Waals surface area contributed by atoms with E-state index in [2.05, 4.69) is 15.8 Å². The Morgan fingerprint density at radius 3 is 2.86 bits per heavy atom. The summed E-state index contributed by atoms with van der Waals surface area (Å²) in [6.45, 7) is 1.30. The van der Waals surface area contributed by atoms with Gasteiger partial charge in [0.1, 0.15) is 0 Å². The molecule has 1 aromatic carbocycles. The van der Waals surface area contributed by atoms with Crippen LogP contribution in [-0.4, -0.2) is 30.6 Å². The first-order valence-corrected chi connectivity index (χ1v) is 7.22. The summed E-state index contributed by atoms with van der Waals surface area (Å²) in [5.41, 5.74) is 1.74. The predicted octanol–water partition coefficient (Wildman–Crippen LogP) is 2.68. The summed E-state index contributed by atoms with van der Waals surface area (Å²) in [6.07, 6.45) is -1.20. The molecule has 0 amide bonds. The number of halogens is 3. The van der Waals surface area contributed by atoms with E-state index in [4.69, 9.17) is 17.0 Å². The molecule has 0 radical (unpaired) electrons. The highest BCUT2D eigenvalue weighted by atomic mass is 32.1. The van der Waals surface area contributed by atoms with Crippen LogP contribution in [0.4, 0.5) is 13.2 Å². The van der Waals surface area contributed by atoms with Crippen LogP contribution in [0, 0.1) is 0 Å². The van der Waals surface area contributed by atoms with Crippen LogP contribution in [0.15, 0.2) is 29.4 Å². The molecule has 1 saturated heterocycles. The normalized spacial score (nSPS) is 18.6. The Morgan fingerprint density at radius 1 is 1.41 bits per heavy atom. The van der Waals surface area contributed by atoms with Crippen molar-refractivity contribution in [2.45, 2.75) is 25.1 Å². The molecule has 8 heteroatoms. The van der Waals surface area contributed by atoms with Crippen molar-refractivity contribution in [2.75, 3.05) is 13.2 Å². The van der Waals surface area contributed by atoms with E-state index < -0.39 is 11.7 Å². The Bertz CT molecular complexity index is 542. The van der Waals surface area contributed by atoms with Gasteiger partial charge in [-0.05, 0) is 31.1 Å². The first kappa shape index (κ1) is 16.7. The summed E-state index contributed by atoms with van der Waals surface area (Å²) in [6, 6.07) is 5.21. The standard InChI is InChI=1S/C14H16F3N3OS/c15-14(16,17)12-6-2-1-4-10(12)8-19-20-13(22)18-9-11-5-3-7-21-11/h1-2,4,6,8,11H,3,5,7,9H2,(H2,18,20,22). The molecule has 0 aliphatic carbocycles. The first-order chi connectivity index (χ1) is 10.5. The van der Waals surface area contributed by atoms with E-state index in [1.807, 2.05) is 0 Å². The number of hydrazone groups is 1. The Morgan fingerprint density at radius 2 is 2.18 bits per heavy atom. The average molecular weight is 331 g/mol. The monoisotopic (exact) mass is 331 g/mol. The predicted molar refractivity (Wildman–Crippen MR) is 81.7 cm³/mol. The van der Waals surface area contributed by atoms with Gasteiger partial charge in [0.05, 0.1) is 17.9 Å². The lowest BCUT2D eigenvalue weighted by molar-refractivity contribution is -0.137. The Kier molecular flexibility index (Phi) is 5.73. The molecule has 0 aromatic heterocycles. The quantitative estimate of drug-likeness (QED) is 0.506. The molecule has 1 unspecified atom stereocenters. The van der Waals surface area contributed by atoms with Crippen LogP contribution in [0.25, 0.3) is 0 Å². The highest BCUT2D eigenvalue weighted by Crippen LogP contribution is 2.30. The second-order valence-electron chi connectivity index (χ2n) is 4.80. The minimum absolute atomic E-state index is 0.0237. The largest absolute Gasteiger partial charge is 0.417 e. The fourth-order valence-electron chi connectivity index (χ4n) is 2.08. The van der Waals surface area contributed by atoms with Crippen LogP contribution in [-0.2, 0) is 10.9 Å². The molecule has 2 N–H and O–H groups in total. The Balaban J connectivity index is 1.85. The summed E-state index contributed by atoms with van der Waals surface area (Å²) >= 11 is 5.00. The third-order valence-corrected chi connectivity index (χ3v) is 3.39. The third kappa shape index (κ3) is 4.96. The van der Waals surface area contributed by atoms with Crippen molar-refractivity contribution in [3.05, 3.63) is 35.4 Å². The lowest BCUT2D eigenvalue weighted by atomic mass is 10.1. The zero-order valence-electron chi connectivity index (χ0n) is 11.7. The van der Waals surface area contributed by atoms with Crippen LogP contribution in [0.3, 0.4) is 0 Å². The minimum Gasteiger partial charge on any atom is -0.376 e. The van der Waals surface area contributed by atoms with Gasteiger partial charge in [-0.1, -0.05) is 18.2 Å². The number of nitrogens with one attached hydrogen (secondary N) is 2. The van der Waals surface area contributed by atoms with Gasteiger partial charge in [0.15, 0.2) is 5.11 Å². The summed E-state index contributed by atoms with van der Waals surface area (Å²) < 4.78 is 43.8. The number of benzene rings is 1. The molecule has 0 saturated carbocycles. The van der Waals surface area contributed by atoms with Crippen LogP contribution in [0.2, 0.25) is 0 Å². The SMILES string of the molecule is FC(F)(F)c1ccccc1C=NNC(=S)NCC1CCCO1. The Labute approximate surface area is 131 Å². The van der Waals surface area contributed by atoms with Gasteiger partial charge in [0.25, 0.3) is 0 Å². The molecular weight excluding hydrogens is 315 g/mol. The number of ether oxygens (including phenoxy) is 1. The molecule has 22 heavy (non-hydrogen) atoms. The zero-order valence-corrected chi connectivity index (χ0v) is 12.5. The highest BCUT2D eigenvalue weighted by Gasteiger charge is 2.32. The van der Waals surface area contributed by atoms with E-state index in [1.165, 1.54) is 18.2 Å².